The monoisotopic (exact) mass is 215 g/mol. The summed E-state index contributed by atoms with van der Waals surface area (Å²) < 4.78 is 12.7. The van der Waals surface area contributed by atoms with Crippen molar-refractivity contribution >= 4 is 17.4 Å². The third-order valence-corrected chi connectivity index (χ3v) is 3.11. The molecule has 0 saturated heterocycles. The molecular weight excluding hydrogens is 201 g/mol. The Morgan fingerprint density at radius 1 is 1.57 bits per heavy atom. The zero-order valence-corrected chi connectivity index (χ0v) is 8.85. The molecule has 2 nitrogen and oxygen atoms in total. The van der Waals surface area contributed by atoms with Crippen molar-refractivity contribution in [1.82, 2.24) is 0 Å². The van der Waals surface area contributed by atoms with Crippen LogP contribution in [-0.4, -0.2) is 17.0 Å². The second-order valence-corrected chi connectivity index (χ2v) is 4.12. The van der Waals surface area contributed by atoms with E-state index in [2.05, 4.69) is 0 Å². The van der Waals surface area contributed by atoms with Crippen LogP contribution in [0, 0.1) is 5.82 Å². The zero-order valence-electron chi connectivity index (χ0n) is 8.03. The Labute approximate surface area is 87.3 Å². The van der Waals surface area contributed by atoms with Gasteiger partial charge in [-0.3, -0.25) is 0 Å². The second-order valence-electron chi connectivity index (χ2n) is 3.06. The van der Waals surface area contributed by atoms with Crippen molar-refractivity contribution < 1.29 is 9.50 Å². The summed E-state index contributed by atoms with van der Waals surface area (Å²) in [6, 6.07) is 4.30. The van der Waals surface area contributed by atoms with Gasteiger partial charge in [0.05, 0.1) is 6.10 Å². The van der Waals surface area contributed by atoms with Gasteiger partial charge in [0.1, 0.15) is 5.82 Å². The fraction of sp³-hybridized carbons (Fsp3) is 0.400. The van der Waals surface area contributed by atoms with E-state index in [1.165, 1.54) is 23.9 Å². The first kappa shape index (κ1) is 11.3. The molecule has 78 valence electrons. The lowest BCUT2D eigenvalue weighted by atomic mass is 10.3. The van der Waals surface area contributed by atoms with Crippen LogP contribution < -0.4 is 5.73 Å². The molecule has 3 N–H and O–H groups in total. The maximum absolute atomic E-state index is 12.7. The minimum atomic E-state index is -0.331. The lowest BCUT2D eigenvalue weighted by Gasteiger charge is -2.08. The van der Waals surface area contributed by atoms with E-state index in [9.17, 15) is 9.50 Å². The van der Waals surface area contributed by atoms with E-state index in [0.29, 0.717) is 17.9 Å². The van der Waals surface area contributed by atoms with E-state index in [1.807, 2.05) is 6.92 Å². The van der Waals surface area contributed by atoms with Gasteiger partial charge in [0, 0.05) is 16.3 Å². The molecule has 0 radical (unpaired) electrons. The number of anilines is 1. The minimum Gasteiger partial charge on any atom is -0.398 e. The Morgan fingerprint density at radius 2 is 2.29 bits per heavy atom. The van der Waals surface area contributed by atoms with Crippen LogP contribution in [0.25, 0.3) is 0 Å². The van der Waals surface area contributed by atoms with E-state index in [1.54, 1.807) is 6.07 Å². The molecule has 0 aliphatic heterocycles. The predicted molar refractivity (Wildman–Crippen MR) is 57.8 cm³/mol. The highest BCUT2D eigenvalue weighted by Crippen LogP contribution is 2.26. The van der Waals surface area contributed by atoms with Gasteiger partial charge in [-0.1, -0.05) is 6.92 Å². The molecule has 14 heavy (non-hydrogen) atoms. The van der Waals surface area contributed by atoms with Gasteiger partial charge >= 0.3 is 0 Å². The average molecular weight is 215 g/mol. The fourth-order valence-electron chi connectivity index (χ4n) is 0.955. The van der Waals surface area contributed by atoms with E-state index in [-0.39, 0.29) is 11.9 Å². The summed E-state index contributed by atoms with van der Waals surface area (Å²) in [5, 5.41) is 9.33. The van der Waals surface area contributed by atoms with Crippen molar-refractivity contribution in [3.05, 3.63) is 24.0 Å². The number of hydrogen-bond donors (Lipinski definition) is 2. The zero-order chi connectivity index (χ0) is 10.6. The molecule has 1 aromatic carbocycles. The molecule has 0 spiro atoms. The number of aliphatic hydroxyl groups excluding tert-OH is 1. The largest absolute Gasteiger partial charge is 0.398 e. The van der Waals surface area contributed by atoms with E-state index in [4.69, 9.17) is 5.73 Å². The Bertz CT molecular complexity index is 306. The molecule has 1 unspecified atom stereocenters. The lowest BCUT2D eigenvalue weighted by Crippen LogP contribution is -2.07. The molecular formula is C10H14FNOS. The minimum absolute atomic E-state index is 0.329. The Balaban J connectivity index is 2.59. The van der Waals surface area contributed by atoms with Crippen molar-refractivity contribution in [2.75, 3.05) is 11.5 Å². The third-order valence-electron chi connectivity index (χ3n) is 1.87. The molecule has 0 aromatic heterocycles. The highest BCUT2D eigenvalue weighted by molar-refractivity contribution is 7.99. The molecule has 1 atom stereocenters. The first-order chi connectivity index (χ1) is 6.63. The third kappa shape index (κ3) is 3.20. The van der Waals surface area contributed by atoms with Gasteiger partial charge in [-0.25, -0.2) is 4.39 Å². The lowest BCUT2D eigenvalue weighted by molar-refractivity contribution is 0.195. The number of halogens is 1. The highest BCUT2D eigenvalue weighted by Gasteiger charge is 2.05. The number of nitrogen functional groups attached to an aromatic ring is 1. The number of hydrogen-bond acceptors (Lipinski definition) is 3. The average Bonchev–Trinajstić information content (AvgIpc) is 2.16. The second kappa shape index (κ2) is 5.22. The molecule has 0 amide bonds. The van der Waals surface area contributed by atoms with E-state index in [0.717, 1.165) is 4.90 Å². The normalized spacial score (nSPS) is 12.8. The van der Waals surface area contributed by atoms with Crippen molar-refractivity contribution in [3.63, 3.8) is 0 Å². The van der Waals surface area contributed by atoms with Gasteiger partial charge in [-0.05, 0) is 24.6 Å². The summed E-state index contributed by atoms with van der Waals surface area (Å²) in [5.74, 6) is 0.259. The SMILES string of the molecule is CCC(O)CSc1ccc(F)cc1N. The van der Waals surface area contributed by atoms with Gasteiger partial charge in [0.25, 0.3) is 0 Å². The van der Waals surface area contributed by atoms with Crippen LogP contribution in [0.2, 0.25) is 0 Å². The van der Waals surface area contributed by atoms with Crippen LogP contribution in [0.3, 0.4) is 0 Å². The number of benzene rings is 1. The van der Waals surface area contributed by atoms with Gasteiger partial charge in [-0.15, -0.1) is 11.8 Å². The smallest absolute Gasteiger partial charge is 0.125 e. The van der Waals surface area contributed by atoms with Crippen molar-refractivity contribution in [1.29, 1.82) is 0 Å². The molecule has 0 fully saturated rings. The van der Waals surface area contributed by atoms with E-state index >= 15 is 0 Å². The Morgan fingerprint density at radius 3 is 2.86 bits per heavy atom. The summed E-state index contributed by atoms with van der Waals surface area (Å²) in [6.45, 7) is 1.92. The molecule has 1 aromatic rings. The summed E-state index contributed by atoms with van der Waals surface area (Å²) >= 11 is 1.45. The maximum Gasteiger partial charge on any atom is 0.125 e. The molecule has 4 heteroatoms. The van der Waals surface area contributed by atoms with Crippen LogP contribution in [0.4, 0.5) is 10.1 Å². The summed E-state index contributed by atoms with van der Waals surface area (Å²) in [4.78, 5) is 0.818. The molecule has 0 bridgehead atoms. The molecule has 0 heterocycles. The molecule has 0 aliphatic rings. The fourth-order valence-corrected chi connectivity index (χ4v) is 1.95. The first-order valence-electron chi connectivity index (χ1n) is 4.49. The van der Waals surface area contributed by atoms with Crippen molar-refractivity contribution in [2.45, 2.75) is 24.3 Å². The molecule has 0 saturated carbocycles. The van der Waals surface area contributed by atoms with Crippen LogP contribution in [0.1, 0.15) is 13.3 Å². The maximum atomic E-state index is 12.7. The quantitative estimate of drug-likeness (QED) is 0.598. The number of aliphatic hydroxyl groups is 1. The topological polar surface area (TPSA) is 46.2 Å². The van der Waals surface area contributed by atoms with Gasteiger partial charge in [0.15, 0.2) is 0 Å². The highest BCUT2D eigenvalue weighted by atomic mass is 32.2. The van der Waals surface area contributed by atoms with Crippen molar-refractivity contribution in [2.24, 2.45) is 0 Å². The van der Waals surface area contributed by atoms with Crippen LogP contribution in [-0.2, 0) is 0 Å². The molecule has 1 rings (SSSR count). The number of thioether (sulfide) groups is 1. The predicted octanol–water partition coefficient (Wildman–Crippen LogP) is 2.27. The number of rotatable bonds is 4. The molecule has 0 aliphatic carbocycles. The summed E-state index contributed by atoms with van der Waals surface area (Å²) in [5.41, 5.74) is 6.04. The van der Waals surface area contributed by atoms with Crippen LogP contribution in [0.5, 0.6) is 0 Å². The summed E-state index contributed by atoms with van der Waals surface area (Å²) in [7, 11) is 0. The van der Waals surface area contributed by atoms with Crippen molar-refractivity contribution in [3.8, 4) is 0 Å². The van der Waals surface area contributed by atoms with E-state index < -0.39 is 0 Å². The Kier molecular flexibility index (Phi) is 4.22. The van der Waals surface area contributed by atoms with Crippen LogP contribution >= 0.6 is 11.8 Å². The van der Waals surface area contributed by atoms with Gasteiger partial charge < -0.3 is 10.8 Å². The van der Waals surface area contributed by atoms with Gasteiger partial charge in [-0.2, -0.15) is 0 Å². The Hall–Kier alpha value is -0.740. The standard InChI is InChI=1S/C10H14FNOS/c1-2-8(13)6-14-10-4-3-7(11)5-9(10)12/h3-5,8,13H,2,6,12H2,1H3. The summed E-state index contributed by atoms with van der Waals surface area (Å²) in [6.07, 6.45) is 0.387. The van der Waals surface area contributed by atoms with Gasteiger partial charge in [0.2, 0.25) is 0 Å². The first-order valence-corrected chi connectivity index (χ1v) is 5.48. The van der Waals surface area contributed by atoms with Crippen LogP contribution in [0.15, 0.2) is 23.1 Å². The number of nitrogens with two attached hydrogens (primary N) is 1.